The summed E-state index contributed by atoms with van der Waals surface area (Å²) in [5.41, 5.74) is -0.0601. The zero-order chi connectivity index (χ0) is 13.1. The SMILES string of the molecule is CCNC(c1ccc(C(F)(F)F)cn1)C(C)C. The number of hydrogen-bond acceptors (Lipinski definition) is 2. The minimum atomic E-state index is -4.32. The van der Waals surface area contributed by atoms with Gasteiger partial charge in [-0.05, 0) is 24.6 Å². The number of nitrogens with one attached hydrogen (secondary N) is 1. The summed E-state index contributed by atoms with van der Waals surface area (Å²) < 4.78 is 37.1. The normalized spacial score (nSPS) is 14.1. The van der Waals surface area contributed by atoms with Crippen molar-refractivity contribution in [2.45, 2.75) is 33.0 Å². The predicted octanol–water partition coefficient (Wildman–Crippen LogP) is 3.41. The van der Waals surface area contributed by atoms with E-state index < -0.39 is 11.7 Å². The molecule has 0 bridgehead atoms. The van der Waals surface area contributed by atoms with Crippen LogP contribution in [-0.2, 0) is 6.18 Å². The highest BCUT2D eigenvalue weighted by Crippen LogP contribution is 2.29. The minimum Gasteiger partial charge on any atom is -0.309 e. The van der Waals surface area contributed by atoms with Crippen LogP contribution in [0.2, 0.25) is 0 Å². The summed E-state index contributed by atoms with van der Waals surface area (Å²) in [7, 11) is 0. The predicted molar refractivity (Wildman–Crippen MR) is 60.5 cm³/mol. The van der Waals surface area contributed by atoms with Crippen molar-refractivity contribution in [2.24, 2.45) is 5.92 Å². The van der Waals surface area contributed by atoms with Gasteiger partial charge in [-0.2, -0.15) is 13.2 Å². The summed E-state index contributed by atoms with van der Waals surface area (Å²) in [6.07, 6.45) is -3.43. The van der Waals surface area contributed by atoms with Crippen molar-refractivity contribution in [1.82, 2.24) is 10.3 Å². The number of alkyl halides is 3. The third kappa shape index (κ3) is 3.70. The van der Waals surface area contributed by atoms with Crippen LogP contribution < -0.4 is 5.32 Å². The van der Waals surface area contributed by atoms with E-state index in [0.717, 1.165) is 18.8 Å². The summed E-state index contributed by atoms with van der Waals surface area (Å²) in [4.78, 5) is 3.90. The third-order valence-electron chi connectivity index (χ3n) is 2.52. The molecule has 1 rings (SSSR count). The van der Waals surface area contributed by atoms with E-state index in [1.165, 1.54) is 6.07 Å². The third-order valence-corrected chi connectivity index (χ3v) is 2.52. The van der Waals surface area contributed by atoms with Crippen molar-refractivity contribution in [2.75, 3.05) is 6.54 Å². The highest BCUT2D eigenvalue weighted by molar-refractivity contribution is 5.19. The molecule has 1 aromatic heterocycles. The van der Waals surface area contributed by atoms with Crippen molar-refractivity contribution < 1.29 is 13.2 Å². The first-order valence-electron chi connectivity index (χ1n) is 5.62. The Morgan fingerprint density at radius 1 is 1.29 bits per heavy atom. The summed E-state index contributed by atoms with van der Waals surface area (Å²) in [5, 5.41) is 3.21. The van der Waals surface area contributed by atoms with Crippen LogP contribution >= 0.6 is 0 Å². The highest BCUT2D eigenvalue weighted by atomic mass is 19.4. The summed E-state index contributed by atoms with van der Waals surface area (Å²) in [5.74, 6) is 0.277. The average Bonchev–Trinajstić information content (AvgIpc) is 2.24. The first-order valence-corrected chi connectivity index (χ1v) is 5.62. The molecule has 2 nitrogen and oxygen atoms in total. The van der Waals surface area contributed by atoms with Gasteiger partial charge >= 0.3 is 6.18 Å². The molecule has 1 aromatic rings. The monoisotopic (exact) mass is 246 g/mol. The standard InChI is InChI=1S/C12H17F3N2/c1-4-16-11(8(2)3)10-6-5-9(7-17-10)12(13,14)15/h5-8,11,16H,4H2,1-3H3. The van der Waals surface area contributed by atoms with Gasteiger partial charge in [0.2, 0.25) is 0 Å². The van der Waals surface area contributed by atoms with Crippen LogP contribution in [0.1, 0.15) is 38.1 Å². The maximum Gasteiger partial charge on any atom is 0.417 e. The van der Waals surface area contributed by atoms with E-state index in [-0.39, 0.29) is 12.0 Å². The average molecular weight is 246 g/mol. The zero-order valence-corrected chi connectivity index (χ0v) is 10.2. The van der Waals surface area contributed by atoms with Crippen LogP contribution in [0.3, 0.4) is 0 Å². The van der Waals surface area contributed by atoms with E-state index in [1.807, 2.05) is 20.8 Å². The van der Waals surface area contributed by atoms with Crippen LogP contribution in [-0.4, -0.2) is 11.5 Å². The Bertz CT molecular complexity index is 344. The molecule has 0 aliphatic carbocycles. The van der Waals surface area contributed by atoms with E-state index >= 15 is 0 Å². The quantitative estimate of drug-likeness (QED) is 0.880. The van der Waals surface area contributed by atoms with Gasteiger partial charge in [0.05, 0.1) is 17.3 Å². The van der Waals surface area contributed by atoms with Crippen LogP contribution in [0.15, 0.2) is 18.3 Å². The number of aromatic nitrogens is 1. The van der Waals surface area contributed by atoms with E-state index in [9.17, 15) is 13.2 Å². The fourth-order valence-electron chi connectivity index (χ4n) is 1.66. The smallest absolute Gasteiger partial charge is 0.309 e. The summed E-state index contributed by atoms with van der Waals surface area (Å²) >= 11 is 0. The number of nitrogens with zero attached hydrogens (tertiary/aromatic N) is 1. The van der Waals surface area contributed by atoms with Gasteiger partial charge in [-0.15, -0.1) is 0 Å². The van der Waals surface area contributed by atoms with E-state index in [2.05, 4.69) is 10.3 Å². The summed E-state index contributed by atoms with van der Waals surface area (Å²) in [6, 6.07) is 2.51. The lowest BCUT2D eigenvalue weighted by atomic mass is 10.00. The van der Waals surface area contributed by atoms with Gasteiger partial charge in [0, 0.05) is 6.20 Å². The lowest BCUT2D eigenvalue weighted by Gasteiger charge is -2.21. The van der Waals surface area contributed by atoms with Gasteiger partial charge in [-0.1, -0.05) is 20.8 Å². The Kier molecular flexibility index (Phi) is 4.51. The van der Waals surface area contributed by atoms with Gasteiger partial charge in [0.15, 0.2) is 0 Å². The van der Waals surface area contributed by atoms with Gasteiger partial charge in [-0.25, -0.2) is 0 Å². The van der Waals surface area contributed by atoms with Gasteiger partial charge < -0.3 is 5.32 Å². The Labute approximate surface area is 99.3 Å². The zero-order valence-electron chi connectivity index (χ0n) is 10.2. The van der Waals surface area contributed by atoms with Gasteiger partial charge in [0.25, 0.3) is 0 Å². The molecule has 0 radical (unpaired) electrons. The molecule has 1 unspecified atom stereocenters. The second-order valence-corrected chi connectivity index (χ2v) is 4.25. The molecule has 0 aromatic carbocycles. The van der Waals surface area contributed by atoms with E-state index in [1.54, 1.807) is 0 Å². The molecule has 0 saturated heterocycles. The fourth-order valence-corrected chi connectivity index (χ4v) is 1.66. The molecule has 5 heteroatoms. The number of halogens is 3. The number of hydrogen-bond donors (Lipinski definition) is 1. The van der Waals surface area contributed by atoms with Crippen molar-refractivity contribution in [3.63, 3.8) is 0 Å². The molecule has 0 amide bonds. The minimum absolute atomic E-state index is 0.0118. The Morgan fingerprint density at radius 3 is 2.29 bits per heavy atom. The molecule has 0 saturated carbocycles. The molecule has 0 aliphatic heterocycles. The Hall–Kier alpha value is -1.10. The second kappa shape index (κ2) is 5.49. The van der Waals surface area contributed by atoms with Gasteiger partial charge in [-0.3, -0.25) is 4.98 Å². The second-order valence-electron chi connectivity index (χ2n) is 4.25. The topological polar surface area (TPSA) is 24.9 Å². The molecule has 17 heavy (non-hydrogen) atoms. The van der Waals surface area contributed by atoms with Crippen molar-refractivity contribution in [3.05, 3.63) is 29.6 Å². The maximum absolute atomic E-state index is 12.4. The lowest BCUT2D eigenvalue weighted by molar-refractivity contribution is -0.137. The molecule has 0 aliphatic rings. The van der Waals surface area contributed by atoms with Crippen LogP contribution in [0.25, 0.3) is 0 Å². The Morgan fingerprint density at radius 2 is 1.94 bits per heavy atom. The number of rotatable bonds is 4. The van der Waals surface area contributed by atoms with Crippen LogP contribution in [0.4, 0.5) is 13.2 Å². The highest BCUT2D eigenvalue weighted by Gasteiger charge is 2.31. The van der Waals surface area contributed by atoms with Crippen molar-refractivity contribution >= 4 is 0 Å². The molecule has 96 valence electrons. The molecular weight excluding hydrogens is 229 g/mol. The van der Waals surface area contributed by atoms with Crippen LogP contribution in [0.5, 0.6) is 0 Å². The van der Waals surface area contributed by atoms with Gasteiger partial charge in [0.1, 0.15) is 0 Å². The molecule has 1 atom stereocenters. The van der Waals surface area contributed by atoms with Crippen molar-refractivity contribution in [3.8, 4) is 0 Å². The van der Waals surface area contributed by atoms with E-state index in [4.69, 9.17) is 0 Å². The molecule has 1 heterocycles. The van der Waals surface area contributed by atoms with Crippen LogP contribution in [0, 0.1) is 5.92 Å². The first-order chi connectivity index (χ1) is 7.86. The molecule has 0 spiro atoms. The number of pyridine rings is 1. The fraction of sp³-hybridized carbons (Fsp3) is 0.583. The molecule has 0 fully saturated rings. The van der Waals surface area contributed by atoms with Crippen molar-refractivity contribution in [1.29, 1.82) is 0 Å². The molecule has 1 N–H and O–H groups in total. The maximum atomic E-state index is 12.4. The first kappa shape index (κ1) is 14.0. The summed E-state index contributed by atoms with van der Waals surface area (Å²) in [6.45, 7) is 6.73. The largest absolute Gasteiger partial charge is 0.417 e. The Balaban J connectivity index is 2.92. The van der Waals surface area contributed by atoms with E-state index in [0.29, 0.717) is 5.69 Å². The lowest BCUT2D eigenvalue weighted by Crippen LogP contribution is -2.26. The molecular formula is C12H17F3N2.